The van der Waals surface area contributed by atoms with Crippen LogP contribution in [-0.2, 0) is 17.8 Å². The topological polar surface area (TPSA) is 103 Å². The van der Waals surface area contributed by atoms with Crippen molar-refractivity contribution in [3.8, 4) is 0 Å². The average molecular weight is 236 g/mol. The van der Waals surface area contributed by atoms with Crippen LogP contribution >= 0.6 is 0 Å². The molecule has 0 aliphatic carbocycles. The second-order valence-electron chi connectivity index (χ2n) is 4.73. The first-order valence-electron chi connectivity index (χ1n) is 5.36. The Hall–Kier alpha value is -1.66. The van der Waals surface area contributed by atoms with Gasteiger partial charge in [-0.1, -0.05) is 0 Å². The second kappa shape index (κ2) is 3.97. The van der Waals surface area contributed by atoms with Crippen molar-refractivity contribution in [2.24, 2.45) is 5.84 Å². The summed E-state index contributed by atoms with van der Waals surface area (Å²) in [4.78, 5) is 15.7. The molecule has 0 unspecified atom stereocenters. The van der Waals surface area contributed by atoms with Gasteiger partial charge in [-0.25, -0.2) is 10.8 Å². The maximum atomic E-state index is 11.5. The van der Waals surface area contributed by atoms with Gasteiger partial charge in [-0.2, -0.15) is 0 Å². The first-order valence-corrected chi connectivity index (χ1v) is 5.36. The van der Waals surface area contributed by atoms with E-state index in [0.29, 0.717) is 13.0 Å². The molecule has 0 spiro atoms. The predicted octanol–water partition coefficient (Wildman–Crippen LogP) is 0.119. The summed E-state index contributed by atoms with van der Waals surface area (Å²) in [6.45, 7) is 4.42. The van der Waals surface area contributed by atoms with Crippen molar-refractivity contribution in [2.75, 3.05) is 5.73 Å². The summed E-state index contributed by atoms with van der Waals surface area (Å²) in [5, 5.41) is 0. The molecule has 0 aromatic carbocycles. The summed E-state index contributed by atoms with van der Waals surface area (Å²) in [7, 11) is 0. The molecule has 0 saturated carbocycles. The summed E-state index contributed by atoms with van der Waals surface area (Å²) in [6.07, 6.45) is 0.678. The number of amides is 1. The van der Waals surface area contributed by atoms with E-state index < -0.39 is 5.91 Å². The van der Waals surface area contributed by atoms with Crippen LogP contribution in [0.1, 0.15) is 35.5 Å². The minimum atomic E-state index is -0.442. The minimum Gasteiger partial charge on any atom is -0.383 e. The third-order valence-corrected chi connectivity index (χ3v) is 2.81. The van der Waals surface area contributed by atoms with E-state index in [0.717, 1.165) is 11.3 Å². The van der Waals surface area contributed by atoms with E-state index in [2.05, 4.69) is 4.98 Å². The molecule has 1 aliphatic rings. The Morgan fingerprint density at radius 1 is 1.59 bits per heavy atom. The number of nitrogens with one attached hydrogen (secondary N) is 1. The number of hydrogen-bond acceptors (Lipinski definition) is 5. The fraction of sp³-hybridized carbons (Fsp3) is 0.455. The smallest absolute Gasteiger partial charge is 0.268 e. The lowest BCUT2D eigenvalue weighted by Gasteiger charge is -2.31. The average Bonchev–Trinajstić information content (AvgIpc) is 2.26. The van der Waals surface area contributed by atoms with E-state index >= 15 is 0 Å². The maximum Gasteiger partial charge on any atom is 0.268 e. The molecule has 6 heteroatoms. The standard InChI is InChI=1S/C11H16N4O2/c1-11(2)4-8-6(5-17-11)3-7(9(12)14-8)10(16)15-13/h3H,4-5,13H2,1-2H3,(H2,12,14)(H,15,16). The number of fused-ring (bicyclic) bond motifs is 1. The zero-order chi connectivity index (χ0) is 12.6. The van der Waals surface area contributed by atoms with Crippen molar-refractivity contribution in [1.29, 1.82) is 0 Å². The highest BCUT2D eigenvalue weighted by atomic mass is 16.5. The number of carbonyl (C=O) groups is 1. The maximum absolute atomic E-state index is 11.5. The van der Waals surface area contributed by atoms with Gasteiger partial charge in [0, 0.05) is 12.0 Å². The predicted molar refractivity (Wildman–Crippen MR) is 62.9 cm³/mol. The van der Waals surface area contributed by atoms with Crippen molar-refractivity contribution in [3.05, 3.63) is 22.9 Å². The van der Waals surface area contributed by atoms with E-state index in [4.69, 9.17) is 16.3 Å². The molecule has 1 aliphatic heterocycles. The SMILES string of the molecule is CC1(C)Cc2nc(N)c(C(=O)NN)cc2CO1. The van der Waals surface area contributed by atoms with Gasteiger partial charge in [-0.15, -0.1) is 0 Å². The Balaban J connectivity index is 2.42. The molecule has 0 radical (unpaired) electrons. The minimum absolute atomic E-state index is 0.199. The van der Waals surface area contributed by atoms with Crippen LogP contribution in [0.5, 0.6) is 0 Å². The van der Waals surface area contributed by atoms with Gasteiger partial charge in [-0.05, 0) is 19.9 Å². The van der Waals surface area contributed by atoms with E-state index in [1.807, 2.05) is 19.3 Å². The van der Waals surface area contributed by atoms with Gasteiger partial charge in [0.15, 0.2) is 0 Å². The molecule has 5 N–H and O–H groups in total. The summed E-state index contributed by atoms with van der Waals surface area (Å²) in [5.74, 6) is 4.83. The van der Waals surface area contributed by atoms with Gasteiger partial charge >= 0.3 is 0 Å². The number of ether oxygens (including phenoxy) is 1. The van der Waals surface area contributed by atoms with E-state index in [1.165, 1.54) is 0 Å². The first-order chi connectivity index (χ1) is 7.93. The number of hydrazine groups is 1. The van der Waals surface area contributed by atoms with Crippen molar-refractivity contribution in [3.63, 3.8) is 0 Å². The van der Waals surface area contributed by atoms with E-state index in [1.54, 1.807) is 6.07 Å². The molecule has 92 valence electrons. The molecule has 1 aromatic heterocycles. The quantitative estimate of drug-likeness (QED) is 0.365. The Bertz CT molecular complexity index is 471. The molecule has 2 heterocycles. The number of nitrogens with zero attached hydrogens (tertiary/aromatic N) is 1. The molecule has 0 fully saturated rings. The third-order valence-electron chi connectivity index (χ3n) is 2.81. The van der Waals surface area contributed by atoms with Gasteiger partial charge in [0.2, 0.25) is 0 Å². The first kappa shape index (κ1) is 11.8. The molecule has 0 bridgehead atoms. The lowest BCUT2D eigenvalue weighted by molar-refractivity contribution is -0.0412. The molecule has 2 rings (SSSR count). The van der Waals surface area contributed by atoms with Crippen LogP contribution in [0.4, 0.5) is 5.82 Å². The lowest BCUT2D eigenvalue weighted by atomic mass is 9.95. The summed E-state index contributed by atoms with van der Waals surface area (Å²) in [5.41, 5.74) is 9.60. The zero-order valence-electron chi connectivity index (χ0n) is 9.91. The lowest BCUT2D eigenvalue weighted by Crippen LogP contribution is -2.34. The van der Waals surface area contributed by atoms with Gasteiger partial charge in [0.25, 0.3) is 5.91 Å². The zero-order valence-corrected chi connectivity index (χ0v) is 9.91. The number of pyridine rings is 1. The number of hydrogen-bond donors (Lipinski definition) is 3. The number of aromatic nitrogens is 1. The third kappa shape index (κ3) is 2.22. The van der Waals surface area contributed by atoms with Crippen LogP contribution in [0.25, 0.3) is 0 Å². The monoisotopic (exact) mass is 236 g/mol. The Morgan fingerprint density at radius 2 is 2.29 bits per heavy atom. The Morgan fingerprint density at radius 3 is 2.94 bits per heavy atom. The molecule has 6 nitrogen and oxygen atoms in total. The molecule has 17 heavy (non-hydrogen) atoms. The second-order valence-corrected chi connectivity index (χ2v) is 4.73. The van der Waals surface area contributed by atoms with Gasteiger partial charge in [-0.3, -0.25) is 10.2 Å². The highest BCUT2D eigenvalue weighted by Crippen LogP contribution is 2.28. The summed E-state index contributed by atoms with van der Waals surface area (Å²) in [6, 6.07) is 1.69. The van der Waals surface area contributed by atoms with Crippen molar-refractivity contribution in [2.45, 2.75) is 32.5 Å². The highest BCUT2D eigenvalue weighted by Gasteiger charge is 2.28. The molecule has 0 atom stereocenters. The summed E-state index contributed by atoms with van der Waals surface area (Å²) < 4.78 is 5.66. The van der Waals surface area contributed by atoms with Crippen molar-refractivity contribution in [1.82, 2.24) is 10.4 Å². The van der Waals surface area contributed by atoms with Crippen LogP contribution in [-0.4, -0.2) is 16.5 Å². The molecule has 1 amide bonds. The Kier molecular flexibility index (Phi) is 2.76. The van der Waals surface area contributed by atoms with Gasteiger partial charge in [0.1, 0.15) is 5.82 Å². The summed E-state index contributed by atoms with van der Waals surface area (Å²) >= 11 is 0. The van der Waals surface area contributed by atoms with Crippen LogP contribution in [0, 0.1) is 0 Å². The number of nitrogen functional groups attached to an aromatic ring is 2. The number of anilines is 1. The normalized spacial score (nSPS) is 17.4. The van der Waals surface area contributed by atoms with Gasteiger partial charge in [0.05, 0.1) is 23.5 Å². The van der Waals surface area contributed by atoms with Crippen molar-refractivity contribution >= 4 is 11.7 Å². The fourth-order valence-corrected chi connectivity index (χ4v) is 1.87. The van der Waals surface area contributed by atoms with E-state index in [-0.39, 0.29) is 17.0 Å². The van der Waals surface area contributed by atoms with E-state index in [9.17, 15) is 4.79 Å². The number of nitrogens with two attached hydrogens (primary N) is 2. The van der Waals surface area contributed by atoms with Crippen molar-refractivity contribution < 1.29 is 9.53 Å². The van der Waals surface area contributed by atoms with Gasteiger partial charge < -0.3 is 10.5 Å². The molecular formula is C11H16N4O2. The highest BCUT2D eigenvalue weighted by molar-refractivity contribution is 5.98. The Labute approximate surface area is 99.3 Å². The van der Waals surface area contributed by atoms with Crippen LogP contribution in [0.15, 0.2) is 6.07 Å². The molecule has 1 aromatic rings. The number of carbonyl (C=O) groups excluding carboxylic acids is 1. The molecular weight excluding hydrogens is 220 g/mol. The van der Waals surface area contributed by atoms with Crippen LogP contribution < -0.4 is 17.0 Å². The van der Waals surface area contributed by atoms with Crippen LogP contribution in [0.3, 0.4) is 0 Å². The van der Waals surface area contributed by atoms with Crippen LogP contribution in [0.2, 0.25) is 0 Å². The largest absolute Gasteiger partial charge is 0.383 e. The molecule has 0 saturated heterocycles. The fourth-order valence-electron chi connectivity index (χ4n) is 1.87. The number of rotatable bonds is 1.